The SMILES string of the molecule is CC(C)c1cccc2sc(N(Cc3ccco3)C(=O)c3ccc4ncsc4c3)nc12. The minimum absolute atomic E-state index is 0.105. The van der Waals surface area contributed by atoms with Gasteiger partial charge in [0.1, 0.15) is 5.76 Å². The van der Waals surface area contributed by atoms with Crippen LogP contribution in [0.1, 0.15) is 41.4 Å². The van der Waals surface area contributed by atoms with E-state index in [1.165, 1.54) is 28.2 Å². The molecule has 2 aromatic carbocycles. The van der Waals surface area contributed by atoms with Crippen LogP contribution in [0.5, 0.6) is 0 Å². The molecule has 0 aliphatic heterocycles. The van der Waals surface area contributed by atoms with Crippen molar-refractivity contribution >= 4 is 54.1 Å². The minimum Gasteiger partial charge on any atom is -0.467 e. The molecular formula is C23H19N3O2S2. The predicted molar refractivity (Wildman–Crippen MR) is 123 cm³/mol. The number of hydrogen-bond donors (Lipinski definition) is 0. The fourth-order valence-electron chi connectivity index (χ4n) is 3.47. The Balaban J connectivity index is 1.60. The molecule has 0 N–H and O–H groups in total. The van der Waals surface area contributed by atoms with Crippen LogP contribution in [0.2, 0.25) is 0 Å². The summed E-state index contributed by atoms with van der Waals surface area (Å²) in [7, 11) is 0. The van der Waals surface area contributed by atoms with Gasteiger partial charge in [0.25, 0.3) is 5.91 Å². The van der Waals surface area contributed by atoms with Gasteiger partial charge in [-0.15, -0.1) is 11.3 Å². The fraction of sp³-hybridized carbons (Fsp3) is 0.174. The van der Waals surface area contributed by atoms with Crippen molar-refractivity contribution in [1.82, 2.24) is 9.97 Å². The summed E-state index contributed by atoms with van der Waals surface area (Å²) in [4.78, 5) is 24.5. The van der Waals surface area contributed by atoms with E-state index >= 15 is 0 Å². The minimum atomic E-state index is -0.105. The summed E-state index contributed by atoms with van der Waals surface area (Å²) in [5.41, 5.74) is 5.45. The van der Waals surface area contributed by atoms with Gasteiger partial charge in [0.05, 0.1) is 38.8 Å². The molecule has 30 heavy (non-hydrogen) atoms. The molecule has 5 rings (SSSR count). The standard InChI is InChI=1S/C23H19N3O2S2/c1-14(2)17-6-3-7-19-21(17)25-23(30-19)26(12-16-5-4-10-28-16)22(27)15-8-9-18-20(11-15)29-13-24-18/h3-11,13-14H,12H2,1-2H3. The predicted octanol–water partition coefficient (Wildman–Crippen LogP) is 6.47. The summed E-state index contributed by atoms with van der Waals surface area (Å²) < 4.78 is 7.61. The van der Waals surface area contributed by atoms with Gasteiger partial charge in [-0.1, -0.05) is 37.3 Å². The number of aromatic nitrogens is 2. The summed E-state index contributed by atoms with van der Waals surface area (Å²) in [5.74, 6) is 0.962. The number of para-hydroxylation sites is 1. The van der Waals surface area contributed by atoms with Crippen molar-refractivity contribution in [2.45, 2.75) is 26.3 Å². The molecule has 0 unspecified atom stereocenters. The van der Waals surface area contributed by atoms with Crippen molar-refractivity contribution in [3.05, 3.63) is 77.2 Å². The van der Waals surface area contributed by atoms with E-state index in [9.17, 15) is 4.79 Å². The van der Waals surface area contributed by atoms with Gasteiger partial charge in [-0.3, -0.25) is 9.69 Å². The third-order valence-electron chi connectivity index (χ3n) is 5.01. The first kappa shape index (κ1) is 19.0. The molecule has 0 saturated heterocycles. The zero-order chi connectivity index (χ0) is 20.7. The number of carbonyl (C=O) groups is 1. The number of carbonyl (C=O) groups excluding carboxylic acids is 1. The average molecular weight is 434 g/mol. The molecular weight excluding hydrogens is 414 g/mol. The van der Waals surface area contributed by atoms with Crippen LogP contribution in [-0.4, -0.2) is 15.9 Å². The maximum atomic E-state index is 13.6. The number of hydrogen-bond acceptors (Lipinski definition) is 6. The lowest BCUT2D eigenvalue weighted by Gasteiger charge is -2.19. The van der Waals surface area contributed by atoms with Crippen molar-refractivity contribution in [1.29, 1.82) is 0 Å². The second-order valence-corrected chi connectivity index (χ2v) is 9.25. The number of furan rings is 1. The van der Waals surface area contributed by atoms with E-state index in [1.807, 2.05) is 30.3 Å². The van der Waals surface area contributed by atoms with Crippen LogP contribution < -0.4 is 4.90 Å². The van der Waals surface area contributed by atoms with Crippen LogP contribution in [0.4, 0.5) is 5.13 Å². The summed E-state index contributed by atoms with van der Waals surface area (Å²) in [6, 6.07) is 15.5. The quantitative estimate of drug-likeness (QED) is 0.319. The number of amides is 1. The number of rotatable bonds is 5. The molecule has 150 valence electrons. The lowest BCUT2D eigenvalue weighted by molar-refractivity contribution is 0.0983. The van der Waals surface area contributed by atoms with Gasteiger partial charge in [0.15, 0.2) is 5.13 Å². The summed E-state index contributed by atoms with van der Waals surface area (Å²) >= 11 is 3.06. The fourth-order valence-corrected chi connectivity index (χ4v) is 5.18. The van der Waals surface area contributed by atoms with Crippen molar-refractivity contribution in [2.24, 2.45) is 0 Å². The van der Waals surface area contributed by atoms with Crippen molar-refractivity contribution < 1.29 is 9.21 Å². The van der Waals surface area contributed by atoms with E-state index in [0.717, 1.165) is 20.4 Å². The molecule has 5 aromatic rings. The van der Waals surface area contributed by atoms with Crippen LogP contribution >= 0.6 is 22.7 Å². The van der Waals surface area contributed by atoms with E-state index in [-0.39, 0.29) is 5.91 Å². The maximum absolute atomic E-state index is 13.6. The summed E-state index contributed by atoms with van der Waals surface area (Å²) in [6.45, 7) is 4.64. The molecule has 0 bridgehead atoms. The zero-order valence-corrected chi connectivity index (χ0v) is 18.2. The van der Waals surface area contributed by atoms with Gasteiger partial charge in [-0.2, -0.15) is 0 Å². The molecule has 3 heterocycles. The molecule has 0 radical (unpaired) electrons. The maximum Gasteiger partial charge on any atom is 0.260 e. The van der Waals surface area contributed by atoms with Gasteiger partial charge in [0, 0.05) is 5.56 Å². The molecule has 0 saturated carbocycles. The highest BCUT2D eigenvalue weighted by Gasteiger charge is 2.24. The summed E-state index contributed by atoms with van der Waals surface area (Å²) in [6.07, 6.45) is 1.62. The highest BCUT2D eigenvalue weighted by atomic mass is 32.1. The van der Waals surface area contributed by atoms with Gasteiger partial charge in [0.2, 0.25) is 0 Å². The Morgan fingerprint density at radius 1 is 1.13 bits per heavy atom. The third-order valence-corrected chi connectivity index (χ3v) is 6.84. The van der Waals surface area contributed by atoms with E-state index < -0.39 is 0 Å². The Labute approximate surface area is 181 Å². The first-order chi connectivity index (χ1) is 14.6. The normalized spacial score (nSPS) is 11.6. The molecule has 1 amide bonds. The van der Waals surface area contributed by atoms with Crippen LogP contribution in [-0.2, 0) is 6.54 Å². The molecule has 0 aliphatic rings. The smallest absolute Gasteiger partial charge is 0.260 e. The van der Waals surface area contributed by atoms with Gasteiger partial charge >= 0.3 is 0 Å². The Morgan fingerprint density at radius 3 is 2.83 bits per heavy atom. The van der Waals surface area contributed by atoms with Crippen molar-refractivity contribution in [3.8, 4) is 0 Å². The lowest BCUT2D eigenvalue weighted by atomic mass is 10.0. The van der Waals surface area contributed by atoms with Gasteiger partial charge in [-0.05, 0) is 47.9 Å². The third kappa shape index (κ3) is 3.40. The lowest BCUT2D eigenvalue weighted by Crippen LogP contribution is -2.30. The molecule has 5 nitrogen and oxygen atoms in total. The molecule has 0 atom stereocenters. The van der Waals surface area contributed by atoms with Crippen LogP contribution in [0.15, 0.2) is 64.7 Å². The van der Waals surface area contributed by atoms with E-state index in [2.05, 4.69) is 37.0 Å². The van der Waals surface area contributed by atoms with Crippen LogP contribution in [0.25, 0.3) is 20.4 Å². The number of benzene rings is 2. The van der Waals surface area contributed by atoms with E-state index in [0.29, 0.717) is 28.9 Å². The Morgan fingerprint density at radius 2 is 2.03 bits per heavy atom. The highest BCUT2D eigenvalue weighted by molar-refractivity contribution is 7.22. The number of thiazole rings is 2. The van der Waals surface area contributed by atoms with Crippen molar-refractivity contribution in [2.75, 3.05) is 4.90 Å². The first-order valence-corrected chi connectivity index (χ1v) is 11.4. The highest BCUT2D eigenvalue weighted by Crippen LogP contribution is 2.35. The Kier molecular flexibility index (Phi) is 4.84. The van der Waals surface area contributed by atoms with Gasteiger partial charge < -0.3 is 4.42 Å². The molecule has 3 aromatic heterocycles. The van der Waals surface area contributed by atoms with Crippen LogP contribution in [0, 0.1) is 0 Å². The van der Waals surface area contributed by atoms with E-state index in [4.69, 9.17) is 9.40 Å². The monoisotopic (exact) mass is 433 g/mol. The number of fused-ring (bicyclic) bond motifs is 2. The largest absolute Gasteiger partial charge is 0.467 e. The second-order valence-electron chi connectivity index (χ2n) is 7.35. The topological polar surface area (TPSA) is 59.2 Å². The molecule has 7 heteroatoms. The molecule has 0 spiro atoms. The number of nitrogens with zero attached hydrogens (tertiary/aromatic N) is 3. The van der Waals surface area contributed by atoms with Gasteiger partial charge in [-0.25, -0.2) is 9.97 Å². The Hall–Kier alpha value is -3.03. The van der Waals surface area contributed by atoms with Crippen LogP contribution in [0.3, 0.4) is 0 Å². The average Bonchev–Trinajstić information content (AvgIpc) is 3.50. The zero-order valence-electron chi connectivity index (χ0n) is 16.5. The number of anilines is 1. The molecule has 0 aliphatic carbocycles. The van der Waals surface area contributed by atoms with E-state index in [1.54, 1.807) is 16.7 Å². The van der Waals surface area contributed by atoms with Crippen molar-refractivity contribution in [3.63, 3.8) is 0 Å². The Bertz CT molecular complexity index is 1340. The second kappa shape index (κ2) is 7.66. The summed E-state index contributed by atoms with van der Waals surface area (Å²) in [5, 5.41) is 0.670. The first-order valence-electron chi connectivity index (χ1n) is 9.67. The molecule has 0 fully saturated rings.